The number of ether oxygens (including phenoxy) is 1. The molecule has 0 unspecified atom stereocenters. The molecule has 0 saturated carbocycles. The average Bonchev–Trinajstić information content (AvgIpc) is 3.16. The first-order valence-electron chi connectivity index (χ1n) is 9.07. The Balaban J connectivity index is 1.73. The highest BCUT2D eigenvalue weighted by molar-refractivity contribution is 5.95. The second kappa shape index (κ2) is 8.20. The molecule has 1 aliphatic heterocycles. The number of hydrogen-bond acceptors (Lipinski definition) is 5. The number of esters is 1. The number of fused-ring (bicyclic) bond motifs is 1. The Morgan fingerprint density at radius 3 is 2.74 bits per heavy atom. The SMILES string of the molecule is CCOC(=O)[C@@H](C)NC(=O)Nc1cc(F)c2nc(N3CCCC3)ccc2c1. The molecule has 1 aliphatic rings. The van der Waals surface area contributed by atoms with E-state index in [1.54, 1.807) is 19.1 Å². The van der Waals surface area contributed by atoms with Gasteiger partial charge in [-0.15, -0.1) is 0 Å². The van der Waals surface area contributed by atoms with E-state index >= 15 is 0 Å². The first-order valence-corrected chi connectivity index (χ1v) is 9.07. The number of aromatic nitrogens is 1. The zero-order valence-corrected chi connectivity index (χ0v) is 15.4. The zero-order chi connectivity index (χ0) is 19.4. The maximum Gasteiger partial charge on any atom is 0.328 e. The van der Waals surface area contributed by atoms with Gasteiger partial charge in [-0.2, -0.15) is 0 Å². The Morgan fingerprint density at radius 1 is 1.30 bits per heavy atom. The predicted octanol–water partition coefficient (Wildman–Crippen LogP) is 3.05. The van der Waals surface area contributed by atoms with Crippen molar-refractivity contribution in [3.05, 3.63) is 30.1 Å². The van der Waals surface area contributed by atoms with E-state index in [1.165, 1.54) is 13.0 Å². The van der Waals surface area contributed by atoms with Crippen molar-refractivity contribution in [2.24, 2.45) is 0 Å². The van der Waals surface area contributed by atoms with Crippen LogP contribution in [0, 0.1) is 5.82 Å². The van der Waals surface area contributed by atoms with Crippen LogP contribution in [0.3, 0.4) is 0 Å². The summed E-state index contributed by atoms with van der Waals surface area (Å²) in [4.78, 5) is 30.2. The van der Waals surface area contributed by atoms with Crippen molar-refractivity contribution >= 4 is 34.4 Å². The van der Waals surface area contributed by atoms with Crippen LogP contribution in [0.1, 0.15) is 26.7 Å². The molecule has 27 heavy (non-hydrogen) atoms. The molecular weight excluding hydrogens is 351 g/mol. The maximum absolute atomic E-state index is 14.5. The van der Waals surface area contributed by atoms with Gasteiger partial charge in [-0.25, -0.2) is 19.0 Å². The minimum absolute atomic E-state index is 0.231. The summed E-state index contributed by atoms with van der Waals surface area (Å²) in [6, 6.07) is 5.10. The van der Waals surface area contributed by atoms with Crippen LogP contribution in [-0.2, 0) is 9.53 Å². The topological polar surface area (TPSA) is 83.6 Å². The number of hydrogen-bond donors (Lipinski definition) is 2. The fraction of sp³-hybridized carbons (Fsp3) is 0.421. The number of amides is 2. The summed E-state index contributed by atoms with van der Waals surface area (Å²) in [5, 5.41) is 5.58. The molecule has 8 heteroatoms. The van der Waals surface area contributed by atoms with Crippen molar-refractivity contribution in [3.63, 3.8) is 0 Å². The fourth-order valence-corrected chi connectivity index (χ4v) is 3.07. The number of carbonyl (C=O) groups excluding carboxylic acids is 2. The van der Waals surface area contributed by atoms with Gasteiger partial charge in [0.1, 0.15) is 17.4 Å². The van der Waals surface area contributed by atoms with Gasteiger partial charge in [0.15, 0.2) is 5.82 Å². The van der Waals surface area contributed by atoms with Gasteiger partial charge in [-0.05, 0) is 51.0 Å². The van der Waals surface area contributed by atoms with Crippen LogP contribution in [0.5, 0.6) is 0 Å². The van der Waals surface area contributed by atoms with Gasteiger partial charge in [0.05, 0.1) is 6.61 Å². The molecule has 1 atom stereocenters. The standard InChI is InChI=1S/C19H23FN4O3/c1-3-27-18(25)12(2)21-19(26)22-14-10-13-6-7-16(24-8-4-5-9-24)23-17(13)15(20)11-14/h6-7,10-12H,3-5,8-9H2,1-2H3,(H2,21,22,26)/t12-/m1/s1. The van der Waals surface area contributed by atoms with Crippen LogP contribution in [0.2, 0.25) is 0 Å². The minimum atomic E-state index is -0.806. The number of pyridine rings is 1. The van der Waals surface area contributed by atoms with Crippen LogP contribution in [0.15, 0.2) is 24.3 Å². The fourth-order valence-electron chi connectivity index (χ4n) is 3.07. The number of rotatable bonds is 5. The molecule has 2 heterocycles. The molecule has 0 bridgehead atoms. The molecule has 1 saturated heterocycles. The molecule has 7 nitrogen and oxygen atoms in total. The molecule has 2 amide bonds. The second-order valence-corrected chi connectivity index (χ2v) is 6.47. The minimum Gasteiger partial charge on any atom is -0.464 e. The van der Waals surface area contributed by atoms with E-state index in [-0.39, 0.29) is 17.8 Å². The molecule has 144 valence electrons. The molecule has 3 rings (SSSR count). The van der Waals surface area contributed by atoms with E-state index in [2.05, 4.69) is 20.5 Å². The van der Waals surface area contributed by atoms with Gasteiger partial charge >= 0.3 is 12.0 Å². The van der Waals surface area contributed by atoms with Crippen molar-refractivity contribution in [1.82, 2.24) is 10.3 Å². The van der Waals surface area contributed by atoms with Crippen molar-refractivity contribution < 1.29 is 18.7 Å². The van der Waals surface area contributed by atoms with Crippen LogP contribution in [0.4, 0.5) is 20.7 Å². The number of nitrogens with one attached hydrogen (secondary N) is 2. The van der Waals surface area contributed by atoms with Crippen LogP contribution in [0.25, 0.3) is 10.9 Å². The molecular formula is C19H23FN4O3. The number of halogens is 1. The molecule has 0 radical (unpaired) electrons. The number of carbonyl (C=O) groups is 2. The molecule has 1 aromatic carbocycles. The highest BCUT2D eigenvalue weighted by atomic mass is 19.1. The first kappa shape index (κ1) is 18.9. The molecule has 0 spiro atoms. The van der Waals surface area contributed by atoms with Crippen LogP contribution >= 0.6 is 0 Å². The highest BCUT2D eigenvalue weighted by Crippen LogP contribution is 2.26. The molecule has 2 N–H and O–H groups in total. The van der Waals surface area contributed by atoms with Gasteiger partial charge in [0.25, 0.3) is 0 Å². The van der Waals surface area contributed by atoms with Crippen molar-refractivity contribution in [2.45, 2.75) is 32.7 Å². The van der Waals surface area contributed by atoms with Gasteiger partial charge in [-0.3, -0.25) is 0 Å². The van der Waals surface area contributed by atoms with E-state index in [4.69, 9.17) is 4.74 Å². The number of anilines is 2. The van der Waals surface area contributed by atoms with E-state index < -0.39 is 23.9 Å². The van der Waals surface area contributed by atoms with E-state index in [0.29, 0.717) is 5.39 Å². The molecule has 0 aliphatic carbocycles. The Hall–Kier alpha value is -2.90. The van der Waals surface area contributed by atoms with Gasteiger partial charge in [0.2, 0.25) is 0 Å². The number of urea groups is 1. The monoisotopic (exact) mass is 374 g/mol. The average molecular weight is 374 g/mol. The Bertz CT molecular complexity index is 852. The molecule has 2 aromatic rings. The third-order valence-corrected chi connectivity index (χ3v) is 4.41. The van der Waals surface area contributed by atoms with Crippen LogP contribution < -0.4 is 15.5 Å². The summed E-state index contributed by atoms with van der Waals surface area (Å²) in [7, 11) is 0. The summed E-state index contributed by atoms with van der Waals surface area (Å²) in [6.07, 6.45) is 2.23. The number of nitrogens with zero attached hydrogens (tertiary/aromatic N) is 2. The summed E-state index contributed by atoms with van der Waals surface area (Å²) < 4.78 is 19.4. The van der Waals surface area contributed by atoms with Gasteiger partial charge in [0, 0.05) is 24.2 Å². The Morgan fingerprint density at radius 2 is 2.04 bits per heavy atom. The van der Waals surface area contributed by atoms with E-state index in [1.807, 2.05) is 6.07 Å². The lowest BCUT2D eigenvalue weighted by Gasteiger charge is -2.17. The highest BCUT2D eigenvalue weighted by Gasteiger charge is 2.18. The molecule has 1 fully saturated rings. The van der Waals surface area contributed by atoms with E-state index in [9.17, 15) is 14.0 Å². The maximum atomic E-state index is 14.5. The normalized spacial score (nSPS) is 14.9. The summed E-state index contributed by atoms with van der Waals surface area (Å²) in [5.74, 6) is -0.279. The molecule has 1 aromatic heterocycles. The third kappa shape index (κ3) is 4.45. The first-order chi connectivity index (χ1) is 13.0. The van der Waals surface area contributed by atoms with E-state index in [0.717, 1.165) is 31.7 Å². The second-order valence-electron chi connectivity index (χ2n) is 6.47. The summed E-state index contributed by atoms with van der Waals surface area (Å²) >= 11 is 0. The quantitative estimate of drug-likeness (QED) is 0.786. The van der Waals surface area contributed by atoms with Gasteiger partial charge in [-0.1, -0.05) is 0 Å². The Kier molecular flexibility index (Phi) is 5.73. The zero-order valence-electron chi connectivity index (χ0n) is 15.4. The van der Waals surface area contributed by atoms with Gasteiger partial charge < -0.3 is 20.3 Å². The van der Waals surface area contributed by atoms with Crippen molar-refractivity contribution in [3.8, 4) is 0 Å². The van der Waals surface area contributed by atoms with Crippen molar-refractivity contribution in [2.75, 3.05) is 29.9 Å². The predicted molar refractivity (Wildman–Crippen MR) is 101 cm³/mol. The summed E-state index contributed by atoms with van der Waals surface area (Å²) in [6.45, 7) is 5.29. The Labute approximate surface area is 156 Å². The largest absolute Gasteiger partial charge is 0.464 e. The summed E-state index contributed by atoms with van der Waals surface area (Å²) in [5.41, 5.74) is 0.550. The number of benzene rings is 1. The van der Waals surface area contributed by atoms with Crippen molar-refractivity contribution in [1.29, 1.82) is 0 Å². The lowest BCUT2D eigenvalue weighted by molar-refractivity contribution is -0.144. The smallest absolute Gasteiger partial charge is 0.328 e. The van der Waals surface area contributed by atoms with Crippen LogP contribution in [-0.4, -0.2) is 42.7 Å². The lowest BCUT2D eigenvalue weighted by atomic mass is 10.2. The lowest BCUT2D eigenvalue weighted by Crippen LogP contribution is -2.41. The third-order valence-electron chi connectivity index (χ3n) is 4.41.